The van der Waals surface area contributed by atoms with Crippen molar-refractivity contribution in [3.63, 3.8) is 0 Å². The number of fused-ring (bicyclic) bond motifs is 1. The molecule has 1 atom stereocenters. The van der Waals surface area contributed by atoms with Crippen molar-refractivity contribution < 1.29 is 22.7 Å². The number of carbonyl (C=O) groups is 1. The minimum atomic E-state index is -4.64. The molecule has 0 radical (unpaired) electrons. The number of likely N-dealkylation sites (tertiary alicyclic amines) is 1. The standard InChI is InChI=1S/C21H22F3N3O3/c22-21(23,24)17-11-18(28)27(13-25-17)12-14-5-8-26(9-6-14)20(29)19-16-4-2-1-3-15(16)7-10-30-19/h1-4,11,13-14,19H,5-10,12H2. The first-order chi connectivity index (χ1) is 14.3. The van der Waals surface area contributed by atoms with Crippen molar-refractivity contribution in [2.75, 3.05) is 19.7 Å². The van der Waals surface area contributed by atoms with Crippen LogP contribution in [0.5, 0.6) is 0 Å². The second-order valence-corrected chi connectivity index (χ2v) is 7.73. The molecule has 160 valence electrons. The number of carbonyl (C=O) groups excluding carboxylic acids is 1. The predicted octanol–water partition coefficient (Wildman–Crippen LogP) is 2.81. The zero-order valence-electron chi connectivity index (χ0n) is 16.3. The second-order valence-electron chi connectivity index (χ2n) is 7.73. The van der Waals surface area contributed by atoms with E-state index >= 15 is 0 Å². The Kier molecular flexibility index (Phi) is 5.64. The minimum Gasteiger partial charge on any atom is -0.363 e. The summed E-state index contributed by atoms with van der Waals surface area (Å²) in [5.41, 5.74) is 0.143. The summed E-state index contributed by atoms with van der Waals surface area (Å²) in [6.07, 6.45) is -2.16. The van der Waals surface area contributed by atoms with E-state index in [1.807, 2.05) is 24.3 Å². The van der Waals surface area contributed by atoms with Gasteiger partial charge in [0, 0.05) is 25.7 Å². The molecule has 1 amide bonds. The molecule has 9 heteroatoms. The SMILES string of the molecule is O=C(C1OCCc2ccccc21)N1CCC(Cn2cnc(C(F)(F)F)cc2=O)CC1. The van der Waals surface area contributed by atoms with Gasteiger partial charge in [-0.05, 0) is 36.3 Å². The molecule has 1 aromatic heterocycles. The fraction of sp³-hybridized carbons (Fsp3) is 0.476. The molecule has 30 heavy (non-hydrogen) atoms. The maximum Gasteiger partial charge on any atom is 0.433 e. The maximum absolute atomic E-state index is 13.0. The van der Waals surface area contributed by atoms with Crippen LogP contribution in [0.1, 0.15) is 35.8 Å². The molecule has 0 spiro atoms. The minimum absolute atomic E-state index is 0.0611. The Morgan fingerprint density at radius 1 is 1.20 bits per heavy atom. The van der Waals surface area contributed by atoms with Crippen molar-refractivity contribution in [2.45, 2.75) is 38.1 Å². The van der Waals surface area contributed by atoms with Crippen molar-refractivity contribution >= 4 is 5.91 Å². The van der Waals surface area contributed by atoms with Crippen molar-refractivity contribution in [1.29, 1.82) is 0 Å². The molecule has 0 saturated carbocycles. The second kappa shape index (κ2) is 8.22. The van der Waals surface area contributed by atoms with Crippen LogP contribution in [-0.2, 0) is 28.7 Å². The van der Waals surface area contributed by atoms with E-state index in [9.17, 15) is 22.8 Å². The molecule has 0 aliphatic carbocycles. The number of amides is 1. The summed E-state index contributed by atoms with van der Waals surface area (Å²) in [4.78, 5) is 30.1. The highest BCUT2D eigenvalue weighted by atomic mass is 19.4. The molecule has 2 aromatic rings. The van der Waals surface area contributed by atoms with Crippen LogP contribution in [0.3, 0.4) is 0 Å². The van der Waals surface area contributed by atoms with Crippen molar-refractivity contribution in [3.05, 3.63) is 63.8 Å². The van der Waals surface area contributed by atoms with Gasteiger partial charge in [0.25, 0.3) is 11.5 Å². The van der Waals surface area contributed by atoms with E-state index in [-0.39, 0.29) is 18.4 Å². The fourth-order valence-corrected chi connectivity index (χ4v) is 4.10. The van der Waals surface area contributed by atoms with Gasteiger partial charge in [0.15, 0.2) is 11.8 Å². The zero-order chi connectivity index (χ0) is 21.3. The molecule has 1 unspecified atom stereocenters. The van der Waals surface area contributed by atoms with E-state index < -0.39 is 23.5 Å². The first-order valence-electron chi connectivity index (χ1n) is 9.95. The lowest BCUT2D eigenvalue weighted by molar-refractivity contribution is -0.146. The molecule has 1 saturated heterocycles. The summed E-state index contributed by atoms with van der Waals surface area (Å²) in [7, 11) is 0. The summed E-state index contributed by atoms with van der Waals surface area (Å²) < 4.78 is 45.0. The molecule has 6 nitrogen and oxygen atoms in total. The Bertz CT molecular complexity index is 981. The van der Waals surface area contributed by atoms with Gasteiger partial charge in [0.05, 0.1) is 12.9 Å². The van der Waals surface area contributed by atoms with Gasteiger partial charge in [-0.15, -0.1) is 0 Å². The van der Waals surface area contributed by atoms with E-state index in [4.69, 9.17) is 4.74 Å². The van der Waals surface area contributed by atoms with Crippen LogP contribution in [0.2, 0.25) is 0 Å². The summed E-state index contributed by atoms with van der Waals surface area (Å²) >= 11 is 0. The average molecular weight is 421 g/mol. The van der Waals surface area contributed by atoms with Gasteiger partial charge in [-0.25, -0.2) is 4.98 Å². The summed E-state index contributed by atoms with van der Waals surface area (Å²) in [5, 5.41) is 0. The van der Waals surface area contributed by atoms with Crippen LogP contribution in [0.4, 0.5) is 13.2 Å². The monoisotopic (exact) mass is 421 g/mol. The number of hydrogen-bond donors (Lipinski definition) is 0. The fourth-order valence-electron chi connectivity index (χ4n) is 4.10. The Morgan fingerprint density at radius 3 is 2.63 bits per heavy atom. The molecule has 0 N–H and O–H groups in total. The van der Waals surface area contributed by atoms with Crippen LogP contribution >= 0.6 is 0 Å². The highest BCUT2D eigenvalue weighted by Crippen LogP contribution is 2.30. The third-order valence-corrected chi connectivity index (χ3v) is 5.77. The molecule has 1 aromatic carbocycles. The number of aromatic nitrogens is 2. The number of alkyl halides is 3. The quantitative estimate of drug-likeness (QED) is 0.765. The first kappa shape index (κ1) is 20.6. The highest BCUT2D eigenvalue weighted by molar-refractivity contribution is 5.83. The topological polar surface area (TPSA) is 64.4 Å². The largest absolute Gasteiger partial charge is 0.433 e. The molecule has 3 heterocycles. The number of nitrogens with zero attached hydrogens (tertiary/aromatic N) is 3. The van der Waals surface area contributed by atoms with E-state index in [0.29, 0.717) is 38.6 Å². The molecular weight excluding hydrogens is 399 g/mol. The first-order valence-corrected chi connectivity index (χ1v) is 9.95. The number of piperidine rings is 1. The van der Waals surface area contributed by atoms with Crippen LogP contribution in [0, 0.1) is 5.92 Å². The van der Waals surface area contributed by atoms with Gasteiger partial charge in [-0.1, -0.05) is 24.3 Å². The molecule has 0 bridgehead atoms. The third-order valence-electron chi connectivity index (χ3n) is 5.77. The van der Waals surface area contributed by atoms with E-state index in [1.54, 1.807) is 4.90 Å². The number of ether oxygens (including phenoxy) is 1. The lowest BCUT2D eigenvalue weighted by atomic mass is 9.94. The van der Waals surface area contributed by atoms with E-state index in [0.717, 1.165) is 23.9 Å². The van der Waals surface area contributed by atoms with E-state index in [2.05, 4.69) is 4.98 Å². The molecule has 1 fully saturated rings. The Morgan fingerprint density at radius 2 is 1.93 bits per heavy atom. The Balaban J connectivity index is 1.37. The van der Waals surface area contributed by atoms with Gasteiger partial charge in [-0.2, -0.15) is 13.2 Å². The normalized spacial score (nSPS) is 20.1. The Hall–Kier alpha value is -2.68. The predicted molar refractivity (Wildman–Crippen MR) is 102 cm³/mol. The molecular formula is C21H22F3N3O3. The maximum atomic E-state index is 13.0. The zero-order valence-corrected chi connectivity index (χ0v) is 16.3. The number of benzene rings is 1. The number of hydrogen-bond acceptors (Lipinski definition) is 4. The van der Waals surface area contributed by atoms with Gasteiger partial charge in [-0.3, -0.25) is 14.2 Å². The van der Waals surface area contributed by atoms with Gasteiger partial charge < -0.3 is 9.64 Å². The lowest BCUT2D eigenvalue weighted by Crippen LogP contribution is -2.43. The van der Waals surface area contributed by atoms with Gasteiger partial charge >= 0.3 is 6.18 Å². The van der Waals surface area contributed by atoms with E-state index in [1.165, 1.54) is 4.57 Å². The number of halogens is 3. The van der Waals surface area contributed by atoms with Crippen molar-refractivity contribution in [1.82, 2.24) is 14.5 Å². The number of rotatable bonds is 3. The van der Waals surface area contributed by atoms with Gasteiger partial charge in [0.2, 0.25) is 0 Å². The van der Waals surface area contributed by atoms with Crippen LogP contribution in [0.25, 0.3) is 0 Å². The molecule has 4 rings (SSSR count). The van der Waals surface area contributed by atoms with Crippen molar-refractivity contribution in [3.8, 4) is 0 Å². The smallest absolute Gasteiger partial charge is 0.363 e. The third kappa shape index (κ3) is 4.26. The van der Waals surface area contributed by atoms with Crippen LogP contribution in [-0.4, -0.2) is 40.1 Å². The van der Waals surface area contributed by atoms with Gasteiger partial charge in [0.1, 0.15) is 0 Å². The van der Waals surface area contributed by atoms with Crippen LogP contribution < -0.4 is 5.56 Å². The average Bonchev–Trinajstić information content (AvgIpc) is 2.74. The van der Waals surface area contributed by atoms with Crippen molar-refractivity contribution in [2.24, 2.45) is 5.92 Å². The summed E-state index contributed by atoms with van der Waals surface area (Å²) in [6, 6.07) is 8.32. The Labute approximate surface area is 171 Å². The van der Waals surface area contributed by atoms with Crippen LogP contribution in [0.15, 0.2) is 41.5 Å². The highest BCUT2D eigenvalue weighted by Gasteiger charge is 2.34. The summed E-state index contributed by atoms with van der Waals surface area (Å²) in [5.74, 6) is 0.0267. The lowest BCUT2D eigenvalue weighted by Gasteiger charge is -2.35. The summed E-state index contributed by atoms with van der Waals surface area (Å²) in [6.45, 7) is 1.84. The molecule has 2 aliphatic heterocycles. The molecule has 2 aliphatic rings.